The summed E-state index contributed by atoms with van der Waals surface area (Å²) in [6, 6.07) is 18.8. The fourth-order valence-corrected chi connectivity index (χ4v) is 6.46. The SMILES string of the molecule is CC(=O)Nc1cccc(NC(=O)NC2N=C(c3ccccc3F)c3ccccc3N(CC(=O)N3CC4CCC(CC4)C3)C2=O)c1. The van der Waals surface area contributed by atoms with Crippen molar-refractivity contribution in [2.75, 3.05) is 35.2 Å². The van der Waals surface area contributed by atoms with Crippen LogP contribution in [0.3, 0.4) is 0 Å². The monoisotopic (exact) mass is 610 g/mol. The van der Waals surface area contributed by atoms with Crippen molar-refractivity contribution in [3.05, 3.63) is 89.7 Å². The number of amides is 5. The van der Waals surface area contributed by atoms with E-state index in [2.05, 4.69) is 20.9 Å². The molecule has 1 unspecified atom stereocenters. The lowest BCUT2D eigenvalue weighted by Gasteiger charge is -2.29. The zero-order valence-electron chi connectivity index (χ0n) is 25.0. The van der Waals surface area contributed by atoms with Crippen LogP contribution >= 0.6 is 0 Å². The number of halogens is 1. The molecule has 3 fully saturated rings. The van der Waals surface area contributed by atoms with Crippen LogP contribution in [-0.4, -0.2) is 60.2 Å². The minimum Gasteiger partial charge on any atom is -0.341 e. The fraction of sp³-hybridized carbons (Fsp3) is 0.324. The van der Waals surface area contributed by atoms with E-state index in [0.29, 0.717) is 47.6 Å². The topological polar surface area (TPSA) is 123 Å². The summed E-state index contributed by atoms with van der Waals surface area (Å²) in [5, 5.41) is 7.95. The van der Waals surface area contributed by atoms with E-state index in [0.717, 1.165) is 25.7 Å². The van der Waals surface area contributed by atoms with Gasteiger partial charge in [-0.1, -0.05) is 36.4 Å². The van der Waals surface area contributed by atoms with Crippen molar-refractivity contribution in [2.45, 2.75) is 38.8 Å². The smallest absolute Gasteiger partial charge is 0.321 e. The van der Waals surface area contributed by atoms with Crippen LogP contribution in [0, 0.1) is 17.7 Å². The number of urea groups is 1. The zero-order valence-corrected chi connectivity index (χ0v) is 25.0. The second-order valence-electron chi connectivity index (χ2n) is 11.8. The molecule has 3 aromatic rings. The Morgan fingerprint density at radius 3 is 2.13 bits per heavy atom. The van der Waals surface area contributed by atoms with Gasteiger partial charge in [-0.3, -0.25) is 19.3 Å². The Hall–Kier alpha value is -5.06. The Morgan fingerprint density at radius 2 is 1.47 bits per heavy atom. The molecule has 4 aliphatic rings. The van der Waals surface area contributed by atoms with E-state index in [-0.39, 0.29) is 29.6 Å². The number of fused-ring (bicyclic) bond motifs is 5. The highest BCUT2D eigenvalue weighted by atomic mass is 19.1. The van der Waals surface area contributed by atoms with E-state index in [1.807, 2.05) is 4.90 Å². The van der Waals surface area contributed by atoms with E-state index in [4.69, 9.17) is 0 Å². The molecule has 5 amide bonds. The molecule has 0 spiro atoms. The molecule has 1 aliphatic carbocycles. The summed E-state index contributed by atoms with van der Waals surface area (Å²) in [5.41, 5.74) is 2.05. The van der Waals surface area contributed by atoms with Crippen molar-refractivity contribution in [2.24, 2.45) is 16.8 Å². The van der Waals surface area contributed by atoms with Gasteiger partial charge in [-0.05, 0) is 73.9 Å². The Kier molecular flexibility index (Phi) is 8.59. The maximum atomic E-state index is 15.2. The second kappa shape index (κ2) is 12.9. The lowest BCUT2D eigenvalue weighted by atomic mass is 9.84. The number of hydrogen-bond donors (Lipinski definition) is 3. The molecule has 3 aromatic carbocycles. The van der Waals surface area contributed by atoms with Crippen molar-refractivity contribution in [3.8, 4) is 0 Å². The molecule has 2 saturated heterocycles. The van der Waals surface area contributed by atoms with Gasteiger partial charge in [-0.15, -0.1) is 0 Å². The maximum Gasteiger partial charge on any atom is 0.321 e. The molecule has 2 bridgehead atoms. The van der Waals surface area contributed by atoms with Crippen molar-refractivity contribution >= 4 is 46.5 Å². The number of hydrogen-bond acceptors (Lipinski definition) is 5. The summed E-state index contributed by atoms with van der Waals surface area (Å²) in [7, 11) is 0. The van der Waals surface area contributed by atoms with Gasteiger partial charge in [0.1, 0.15) is 12.4 Å². The molecule has 11 heteroatoms. The standard InChI is InChI=1S/C34H35FN6O4/c1-21(42)36-24-7-6-8-25(17-24)37-34(45)39-32-33(44)41(20-30(43)40-18-22-13-14-23(19-40)16-15-22)29-12-5-3-10-27(29)31(38-32)26-9-2-4-11-28(26)35/h2-12,17,22-23,32H,13-16,18-20H2,1H3,(H,36,42)(H2,37,39,45). The predicted molar refractivity (Wildman–Crippen MR) is 170 cm³/mol. The molecule has 0 radical (unpaired) electrons. The van der Waals surface area contributed by atoms with Crippen LogP contribution in [0.1, 0.15) is 43.7 Å². The highest BCUT2D eigenvalue weighted by Gasteiger charge is 2.37. The van der Waals surface area contributed by atoms with Gasteiger partial charge in [0, 0.05) is 42.5 Å². The summed E-state index contributed by atoms with van der Waals surface area (Å²) in [5.74, 6) is -0.693. The third-order valence-electron chi connectivity index (χ3n) is 8.62. The average molecular weight is 611 g/mol. The number of carbonyl (C=O) groups is 4. The molecule has 1 saturated carbocycles. The number of para-hydroxylation sites is 1. The lowest BCUT2D eigenvalue weighted by molar-refractivity contribution is -0.132. The van der Waals surface area contributed by atoms with Gasteiger partial charge in [-0.2, -0.15) is 0 Å². The number of aliphatic imine (C=N–C) groups is 1. The summed E-state index contributed by atoms with van der Waals surface area (Å²) in [4.78, 5) is 60.6. The van der Waals surface area contributed by atoms with Crippen LogP contribution < -0.4 is 20.9 Å². The molecule has 3 aliphatic heterocycles. The van der Waals surface area contributed by atoms with E-state index >= 15 is 4.39 Å². The van der Waals surface area contributed by atoms with Crippen molar-refractivity contribution in [1.29, 1.82) is 0 Å². The number of rotatable bonds is 6. The predicted octanol–water partition coefficient (Wildman–Crippen LogP) is 4.76. The minimum atomic E-state index is -1.47. The number of nitrogens with one attached hydrogen (secondary N) is 3. The summed E-state index contributed by atoms with van der Waals surface area (Å²) in [6.45, 7) is 2.46. The van der Waals surface area contributed by atoms with Gasteiger partial charge in [-0.25, -0.2) is 14.2 Å². The quantitative estimate of drug-likeness (QED) is 0.372. The summed E-state index contributed by atoms with van der Waals surface area (Å²) >= 11 is 0. The van der Waals surface area contributed by atoms with Crippen LogP contribution in [-0.2, 0) is 14.4 Å². The van der Waals surface area contributed by atoms with Gasteiger partial charge in [0.25, 0.3) is 5.91 Å². The van der Waals surface area contributed by atoms with Crippen LogP contribution in [0.15, 0.2) is 77.8 Å². The highest BCUT2D eigenvalue weighted by Crippen LogP contribution is 2.34. The van der Waals surface area contributed by atoms with Gasteiger partial charge >= 0.3 is 6.03 Å². The molecular weight excluding hydrogens is 575 g/mol. The van der Waals surface area contributed by atoms with Gasteiger partial charge in [0.2, 0.25) is 18.0 Å². The average Bonchev–Trinajstić information content (AvgIpc) is 3.40. The molecule has 232 valence electrons. The largest absolute Gasteiger partial charge is 0.341 e. The molecule has 10 nitrogen and oxygen atoms in total. The normalized spacial score (nSPS) is 20.8. The maximum absolute atomic E-state index is 15.2. The number of anilines is 3. The molecule has 3 N–H and O–H groups in total. The number of benzene rings is 3. The first kappa shape index (κ1) is 30.0. The number of benzodiazepines with no additional fused rings is 1. The Balaban J connectivity index is 1.33. The first-order valence-corrected chi connectivity index (χ1v) is 15.2. The van der Waals surface area contributed by atoms with Crippen LogP contribution in [0.5, 0.6) is 0 Å². The van der Waals surface area contributed by atoms with Crippen molar-refractivity contribution in [3.63, 3.8) is 0 Å². The molecule has 45 heavy (non-hydrogen) atoms. The molecule has 0 aromatic heterocycles. The van der Waals surface area contributed by atoms with E-state index in [9.17, 15) is 19.2 Å². The van der Waals surface area contributed by atoms with Crippen molar-refractivity contribution < 1.29 is 23.6 Å². The van der Waals surface area contributed by atoms with E-state index in [1.54, 1.807) is 66.7 Å². The molecular formula is C34H35FN6O4. The van der Waals surface area contributed by atoms with Crippen molar-refractivity contribution in [1.82, 2.24) is 10.2 Å². The minimum absolute atomic E-state index is 0.158. The first-order chi connectivity index (χ1) is 21.7. The Labute approximate surface area is 260 Å². The number of nitrogens with zero attached hydrogens (tertiary/aromatic N) is 3. The zero-order chi connectivity index (χ0) is 31.5. The third-order valence-corrected chi connectivity index (χ3v) is 8.62. The third kappa shape index (κ3) is 6.72. The molecule has 7 rings (SSSR count). The van der Waals surface area contributed by atoms with E-state index in [1.165, 1.54) is 17.9 Å². The van der Waals surface area contributed by atoms with Gasteiger partial charge in [0.05, 0.1) is 11.4 Å². The number of carbonyl (C=O) groups excluding carboxylic acids is 4. The van der Waals surface area contributed by atoms with Gasteiger partial charge < -0.3 is 20.9 Å². The summed E-state index contributed by atoms with van der Waals surface area (Å²) < 4.78 is 15.2. The molecule has 1 atom stereocenters. The lowest BCUT2D eigenvalue weighted by Crippen LogP contribution is -2.51. The van der Waals surface area contributed by atoms with Crippen LogP contribution in [0.2, 0.25) is 0 Å². The van der Waals surface area contributed by atoms with Crippen LogP contribution in [0.4, 0.5) is 26.2 Å². The van der Waals surface area contributed by atoms with Gasteiger partial charge in [0.15, 0.2) is 0 Å². The first-order valence-electron chi connectivity index (χ1n) is 15.2. The summed E-state index contributed by atoms with van der Waals surface area (Å²) in [6.07, 6.45) is 2.95. The fourth-order valence-electron chi connectivity index (χ4n) is 6.46. The Morgan fingerprint density at radius 1 is 0.844 bits per heavy atom. The molecule has 3 heterocycles. The second-order valence-corrected chi connectivity index (χ2v) is 11.8. The highest BCUT2D eigenvalue weighted by molar-refractivity contribution is 6.21. The Bertz CT molecular complexity index is 1650. The van der Waals surface area contributed by atoms with Crippen LogP contribution in [0.25, 0.3) is 0 Å². The van der Waals surface area contributed by atoms with E-state index < -0.39 is 23.9 Å².